The van der Waals surface area contributed by atoms with Gasteiger partial charge in [-0.2, -0.15) is 0 Å². The van der Waals surface area contributed by atoms with Crippen LogP contribution in [0.25, 0.3) is 0 Å². The van der Waals surface area contributed by atoms with Gasteiger partial charge in [-0.05, 0) is 29.7 Å². The Morgan fingerprint density at radius 1 is 1.00 bits per heavy atom. The number of carbonyl (C=O) groups is 1. The SMILES string of the molecule is O=C1OC[C@H](Cc2ccc3c(c2)OCO3)[C@@]1(O)Cc1ccccc1. The summed E-state index contributed by atoms with van der Waals surface area (Å²) in [6.07, 6.45) is 0.785. The molecule has 0 aromatic heterocycles. The van der Waals surface area contributed by atoms with Crippen molar-refractivity contribution in [3.8, 4) is 11.5 Å². The quantitative estimate of drug-likeness (QED) is 0.872. The fraction of sp³-hybridized carbons (Fsp3) is 0.316. The highest BCUT2D eigenvalue weighted by atomic mass is 16.7. The molecular formula is C19H18O5. The smallest absolute Gasteiger partial charge is 0.338 e. The van der Waals surface area contributed by atoms with Crippen LogP contribution >= 0.6 is 0 Å². The van der Waals surface area contributed by atoms with Crippen molar-refractivity contribution in [1.29, 1.82) is 0 Å². The summed E-state index contributed by atoms with van der Waals surface area (Å²) in [7, 11) is 0. The van der Waals surface area contributed by atoms with Crippen molar-refractivity contribution in [2.45, 2.75) is 18.4 Å². The maximum atomic E-state index is 12.2. The van der Waals surface area contributed by atoms with Gasteiger partial charge in [-0.3, -0.25) is 0 Å². The number of rotatable bonds is 4. The van der Waals surface area contributed by atoms with E-state index in [4.69, 9.17) is 14.2 Å². The minimum Gasteiger partial charge on any atom is -0.463 e. The fourth-order valence-corrected chi connectivity index (χ4v) is 3.31. The van der Waals surface area contributed by atoms with E-state index < -0.39 is 11.6 Å². The van der Waals surface area contributed by atoms with Gasteiger partial charge >= 0.3 is 5.97 Å². The van der Waals surface area contributed by atoms with Crippen molar-refractivity contribution in [2.75, 3.05) is 13.4 Å². The molecule has 1 N–H and O–H groups in total. The highest BCUT2D eigenvalue weighted by Crippen LogP contribution is 2.36. The van der Waals surface area contributed by atoms with Gasteiger partial charge in [0.25, 0.3) is 0 Å². The van der Waals surface area contributed by atoms with E-state index >= 15 is 0 Å². The second-order valence-electron chi connectivity index (χ2n) is 6.27. The lowest BCUT2D eigenvalue weighted by molar-refractivity contribution is -0.154. The van der Waals surface area contributed by atoms with Gasteiger partial charge in [0, 0.05) is 12.3 Å². The molecule has 0 bridgehead atoms. The van der Waals surface area contributed by atoms with Gasteiger partial charge in [0.05, 0.1) is 6.61 Å². The van der Waals surface area contributed by atoms with Crippen molar-refractivity contribution in [3.63, 3.8) is 0 Å². The number of benzene rings is 2. The van der Waals surface area contributed by atoms with E-state index in [0.717, 1.165) is 16.9 Å². The topological polar surface area (TPSA) is 65.0 Å². The monoisotopic (exact) mass is 326 g/mol. The summed E-state index contributed by atoms with van der Waals surface area (Å²) in [6, 6.07) is 15.2. The summed E-state index contributed by atoms with van der Waals surface area (Å²) in [4.78, 5) is 12.2. The van der Waals surface area contributed by atoms with Gasteiger partial charge < -0.3 is 19.3 Å². The van der Waals surface area contributed by atoms with Gasteiger partial charge in [0.1, 0.15) is 0 Å². The molecular weight excluding hydrogens is 308 g/mol. The number of esters is 1. The molecule has 2 aromatic carbocycles. The average molecular weight is 326 g/mol. The van der Waals surface area contributed by atoms with Crippen LogP contribution in [0.5, 0.6) is 11.5 Å². The molecule has 24 heavy (non-hydrogen) atoms. The zero-order valence-corrected chi connectivity index (χ0v) is 13.1. The zero-order chi connectivity index (χ0) is 16.6. The van der Waals surface area contributed by atoms with Gasteiger partial charge in [0.15, 0.2) is 17.1 Å². The second-order valence-corrected chi connectivity index (χ2v) is 6.27. The normalized spacial score (nSPS) is 24.9. The molecule has 0 saturated carbocycles. The first-order valence-corrected chi connectivity index (χ1v) is 7.97. The Bertz CT molecular complexity index is 758. The van der Waals surface area contributed by atoms with Crippen LogP contribution < -0.4 is 9.47 Å². The van der Waals surface area contributed by atoms with E-state index in [9.17, 15) is 9.90 Å². The van der Waals surface area contributed by atoms with Gasteiger partial charge in [-0.1, -0.05) is 36.4 Å². The van der Waals surface area contributed by atoms with E-state index in [1.54, 1.807) is 0 Å². The largest absolute Gasteiger partial charge is 0.463 e. The Labute approximate surface area is 139 Å². The van der Waals surface area contributed by atoms with E-state index in [-0.39, 0.29) is 25.7 Å². The van der Waals surface area contributed by atoms with E-state index in [2.05, 4.69) is 0 Å². The molecule has 1 fully saturated rings. The van der Waals surface area contributed by atoms with Crippen LogP contribution in [0.15, 0.2) is 48.5 Å². The van der Waals surface area contributed by atoms with Crippen molar-refractivity contribution in [3.05, 3.63) is 59.7 Å². The maximum absolute atomic E-state index is 12.2. The number of hydrogen-bond acceptors (Lipinski definition) is 5. The summed E-state index contributed by atoms with van der Waals surface area (Å²) in [6.45, 7) is 0.443. The molecule has 0 spiro atoms. The van der Waals surface area contributed by atoms with Crippen LogP contribution in [0.4, 0.5) is 0 Å². The Balaban J connectivity index is 1.56. The van der Waals surface area contributed by atoms with Crippen molar-refractivity contribution >= 4 is 5.97 Å². The molecule has 0 unspecified atom stereocenters. The predicted octanol–water partition coefficient (Wildman–Crippen LogP) is 2.10. The molecule has 2 aliphatic rings. The molecule has 2 aliphatic heterocycles. The first kappa shape index (κ1) is 15.0. The molecule has 0 radical (unpaired) electrons. The first-order chi connectivity index (χ1) is 11.6. The number of ether oxygens (including phenoxy) is 3. The van der Waals surface area contributed by atoms with Crippen molar-refractivity contribution in [1.82, 2.24) is 0 Å². The Hall–Kier alpha value is -2.53. The maximum Gasteiger partial charge on any atom is 0.338 e. The van der Waals surface area contributed by atoms with Gasteiger partial charge in [-0.15, -0.1) is 0 Å². The number of carbonyl (C=O) groups excluding carboxylic acids is 1. The zero-order valence-electron chi connectivity index (χ0n) is 13.1. The summed E-state index contributed by atoms with van der Waals surface area (Å²) < 4.78 is 15.9. The number of cyclic esters (lactones) is 1. The lowest BCUT2D eigenvalue weighted by Crippen LogP contribution is -2.44. The van der Waals surface area contributed by atoms with Crippen LogP contribution in [-0.2, 0) is 22.4 Å². The fourth-order valence-electron chi connectivity index (χ4n) is 3.31. The number of hydrogen-bond donors (Lipinski definition) is 1. The Morgan fingerprint density at radius 3 is 2.62 bits per heavy atom. The lowest BCUT2D eigenvalue weighted by Gasteiger charge is -2.25. The summed E-state index contributed by atoms with van der Waals surface area (Å²) >= 11 is 0. The minimum absolute atomic E-state index is 0.219. The van der Waals surface area contributed by atoms with Crippen LogP contribution in [-0.4, -0.2) is 30.1 Å². The molecule has 0 amide bonds. The Morgan fingerprint density at radius 2 is 1.79 bits per heavy atom. The van der Waals surface area contributed by atoms with Crippen molar-refractivity contribution in [2.24, 2.45) is 5.92 Å². The van der Waals surface area contributed by atoms with E-state index in [1.807, 2.05) is 48.5 Å². The molecule has 5 nitrogen and oxygen atoms in total. The predicted molar refractivity (Wildman–Crippen MR) is 85.8 cm³/mol. The molecule has 4 rings (SSSR count). The molecule has 2 atom stereocenters. The number of aliphatic hydroxyl groups is 1. The van der Waals surface area contributed by atoms with Gasteiger partial charge in [0.2, 0.25) is 6.79 Å². The molecule has 1 saturated heterocycles. The van der Waals surface area contributed by atoms with Crippen LogP contribution in [0.3, 0.4) is 0 Å². The average Bonchev–Trinajstić information content (AvgIpc) is 3.16. The highest BCUT2D eigenvalue weighted by molar-refractivity contribution is 5.82. The highest BCUT2D eigenvalue weighted by Gasteiger charge is 2.50. The molecule has 2 heterocycles. The summed E-state index contributed by atoms with van der Waals surface area (Å²) in [5.74, 6) is 0.573. The Kier molecular flexibility index (Phi) is 3.65. The standard InChI is InChI=1S/C19H18O5/c20-18-19(21,10-13-4-2-1-3-5-13)15(11-22-18)8-14-6-7-16-17(9-14)24-12-23-16/h1-7,9,15,21H,8,10-12H2/t15-,19-/m0/s1. The van der Waals surface area contributed by atoms with Crippen LogP contribution in [0.2, 0.25) is 0 Å². The summed E-state index contributed by atoms with van der Waals surface area (Å²) in [5.41, 5.74) is 0.390. The third-order valence-electron chi connectivity index (χ3n) is 4.68. The third kappa shape index (κ3) is 2.61. The van der Waals surface area contributed by atoms with E-state index in [0.29, 0.717) is 12.2 Å². The van der Waals surface area contributed by atoms with Crippen molar-refractivity contribution < 1.29 is 24.1 Å². The van der Waals surface area contributed by atoms with Crippen LogP contribution in [0.1, 0.15) is 11.1 Å². The first-order valence-electron chi connectivity index (χ1n) is 7.97. The van der Waals surface area contributed by atoms with Gasteiger partial charge in [-0.25, -0.2) is 4.79 Å². The minimum atomic E-state index is -1.50. The lowest BCUT2D eigenvalue weighted by atomic mass is 9.81. The van der Waals surface area contributed by atoms with E-state index in [1.165, 1.54) is 0 Å². The molecule has 124 valence electrons. The van der Waals surface area contributed by atoms with Crippen LogP contribution in [0, 0.1) is 5.92 Å². The molecule has 0 aliphatic carbocycles. The third-order valence-corrected chi connectivity index (χ3v) is 4.68. The summed E-state index contributed by atoms with van der Waals surface area (Å²) in [5, 5.41) is 11.0. The second kappa shape index (κ2) is 5.83. The molecule has 2 aromatic rings. The number of fused-ring (bicyclic) bond motifs is 1. The molecule has 5 heteroatoms.